The third-order valence-electron chi connectivity index (χ3n) is 3.56. The molecule has 0 bridgehead atoms. The van der Waals surface area contributed by atoms with Gasteiger partial charge in [-0.1, -0.05) is 0 Å². The minimum atomic E-state index is -0.412. The van der Waals surface area contributed by atoms with Crippen LogP contribution in [0.1, 0.15) is 46.5 Å². The number of ether oxygens (including phenoxy) is 1. The first kappa shape index (κ1) is 12.7. The van der Waals surface area contributed by atoms with E-state index < -0.39 is 5.60 Å². The molecule has 1 amide bonds. The van der Waals surface area contributed by atoms with Crippen molar-refractivity contribution in [3.8, 4) is 0 Å². The van der Waals surface area contributed by atoms with Gasteiger partial charge in [-0.05, 0) is 52.4 Å². The average molecular weight is 240 g/mol. The Balaban J connectivity index is 1.98. The second-order valence-corrected chi connectivity index (χ2v) is 6.30. The molecular formula is C13H24N2O2. The molecule has 0 aromatic carbocycles. The van der Waals surface area contributed by atoms with Gasteiger partial charge in [0, 0.05) is 18.6 Å². The van der Waals surface area contributed by atoms with Crippen molar-refractivity contribution in [2.45, 2.75) is 64.1 Å². The number of carbonyl (C=O) groups excluding carboxylic acids is 1. The number of rotatable bonds is 1. The molecule has 98 valence electrons. The Kier molecular flexibility index (Phi) is 3.34. The minimum absolute atomic E-state index is 0.165. The van der Waals surface area contributed by atoms with Gasteiger partial charge in [-0.15, -0.1) is 0 Å². The average Bonchev–Trinajstić information content (AvgIpc) is 2.93. The molecule has 3 atom stereocenters. The summed E-state index contributed by atoms with van der Waals surface area (Å²) in [6.45, 7) is 6.55. The van der Waals surface area contributed by atoms with Crippen LogP contribution in [0.5, 0.6) is 0 Å². The molecule has 1 heterocycles. The van der Waals surface area contributed by atoms with Crippen molar-refractivity contribution < 1.29 is 9.53 Å². The van der Waals surface area contributed by atoms with Crippen LogP contribution < -0.4 is 5.73 Å². The third kappa shape index (κ3) is 3.12. The summed E-state index contributed by atoms with van der Waals surface area (Å²) in [4.78, 5) is 14.0. The normalized spacial score (nSPS) is 33.4. The van der Waals surface area contributed by atoms with Crippen LogP contribution in [-0.4, -0.2) is 35.2 Å². The van der Waals surface area contributed by atoms with E-state index in [1.54, 1.807) is 0 Å². The topological polar surface area (TPSA) is 55.6 Å². The highest BCUT2D eigenvalue weighted by Gasteiger charge is 2.45. The van der Waals surface area contributed by atoms with E-state index in [2.05, 4.69) is 0 Å². The first-order chi connectivity index (χ1) is 7.88. The molecule has 4 heteroatoms. The van der Waals surface area contributed by atoms with E-state index in [1.165, 1.54) is 6.42 Å². The monoisotopic (exact) mass is 240 g/mol. The van der Waals surface area contributed by atoms with Gasteiger partial charge in [0.15, 0.2) is 0 Å². The fourth-order valence-electron chi connectivity index (χ4n) is 2.63. The van der Waals surface area contributed by atoms with E-state index in [0.29, 0.717) is 18.0 Å². The summed E-state index contributed by atoms with van der Waals surface area (Å²) in [5, 5.41) is 0. The molecule has 2 N–H and O–H groups in total. The number of amides is 1. The number of nitrogens with zero attached hydrogens (tertiary/aromatic N) is 1. The lowest BCUT2D eigenvalue weighted by atomic mass is 9.98. The zero-order valence-corrected chi connectivity index (χ0v) is 11.1. The van der Waals surface area contributed by atoms with Crippen molar-refractivity contribution in [3.05, 3.63) is 0 Å². The Bertz CT molecular complexity index is 298. The van der Waals surface area contributed by atoms with Gasteiger partial charge in [-0.3, -0.25) is 0 Å². The number of nitrogens with two attached hydrogens (primary N) is 1. The van der Waals surface area contributed by atoms with Crippen molar-refractivity contribution in [2.24, 2.45) is 11.7 Å². The van der Waals surface area contributed by atoms with Crippen LogP contribution in [0.4, 0.5) is 4.79 Å². The quantitative estimate of drug-likeness (QED) is 0.764. The van der Waals surface area contributed by atoms with Crippen LogP contribution in [-0.2, 0) is 4.74 Å². The fourth-order valence-corrected chi connectivity index (χ4v) is 2.63. The van der Waals surface area contributed by atoms with E-state index in [9.17, 15) is 4.79 Å². The summed E-state index contributed by atoms with van der Waals surface area (Å²) in [5.74, 6) is 0.503. The smallest absolute Gasteiger partial charge is 0.410 e. The highest BCUT2D eigenvalue weighted by Crippen LogP contribution is 2.39. The molecule has 1 saturated heterocycles. The lowest BCUT2D eigenvalue weighted by Gasteiger charge is -2.37. The van der Waals surface area contributed by atoms with Gasteiger partial charge in [0.25, 0.3) is 0 Å². The summed E-state index contributed by atoms with van der Waals surface area (Å²) in [5.41, 5.74) is 5.50. The maximum absolute atomic E-state index is 12.1. The molecule has 17 heavy (non-hydrogen) atoms. The van der Waals surface area contributed by atoms with E-state index in [0.717, 1.165) is 25.8 Å². The maximum Gasteiger partial charge on any atom is 0.410 e. The number of hydrogen-bond donors (Lipinski definition) is 1. The molecule has 1 saturated carbocycles. The van der Waals surface area contributed by atoms with Crippen molar-refractivity contribution in [3.63, 3.8) is 0 Å². The zero-order valence-electron chi connectivity index (χ0n) is 11.1. The lowest BCUT2D eigenvalue weighted by molar-refractivity contribution is 0.00686. The van der Waals surface area contributed by atoms with E-state index >= 15 is 0 Å². The number of hydrogen-bond acceptors (Lipinski definition) is 3. The first-order valence-electron chi connectivity index (χ1n) is 6.64. The van der Waals surface area contributed by atoms with Crippen molar-refractivity contribution in [1.82, 2.24) is 4.90 Å². The van der Waals surface area contributed by atoms with Gasteiger partial charge >= 0.3 is 6.09 Å². The molecule has 1 aliphatic carbocycles. The van der Waals surface area contributed by atoms with Crippen LogP contribution >= 0.6 is 0 Å². The molecule has 2 rings (SSSR count). The van der Waals surface area contributed by atoms with E-state index in [4.69, 9.17) is 10.5 Å². The molecule has 0 aromatic heterocycles. The fraction of sp³-hybridized carbons (Fsp3) is 0.923. The summed E-state index contributed by atoms with van der Waals surface area (Å²) >= 11 is 0. The summed E-state index contributed by atoms with van der Waals surface area (Å²) in [6, 6.07) is 0.608. The molecular weight excluding hydrogens is 216 g/mol. The molecule has 4 nitrogen and oxygen atoms in total. The number of carbonyl (C=O) groups is 1. The van der Waals surface area contributed by atoms with Crippen molar-refractivity contribution in [2.75, 3.05) is 6.54 Å². The largest absolute Gasteiger partial charge is 0.444 e. The van der Waals surface area contributed by atoms with E-state index in [1.807, 2.05) is 25.7 Å². The van der Waals surface area contributed by atoms with Crippen LogP contribution in [0.15, 0.2) is 0 Å². The van der Waals surface area contributed by atoms with Crippen LogP contribution in [0.2, 0.25) is 0 Å². The maximum atomic E-state index is 12.1. The Hall–Kier alpha value is -0.770. The Labute approximate surface area is 103 Å². The van der Waals surface area contributed by atoms with Gasteiger partial charge in [0.05, 0.1) is 0 Å². The van der Waals surface area contributed by atoms with Crippen molar-refractivity contribution in [1.29, 1.82) is 0 Å². The van der Waals surface area contributed by atoms with Gasteiger partial charge in [0.2, 0.25) is 0 Å². The Morgan fingerprint density at radius 1 is 1.35 bits per heavy atom. The minimum Gasteiger partial charge on any atom is -0.444 e. The standard InChI is InChI=1S/C13H24N2O2/c1-13(2,3)17-12(16)15-7-5-4-6-11(15)9-8-10(9)14/h9-11H,4-8,14H2,1-3H3/t9-,10-,11?/m1/s1. The predicted molar refractivity (Wildman–Crippen MR) is 66.7 cm³/mol. The van der Waals surface area contributed by atoms with Gasteiger partial charge in [-0.2, -0.15) is 0 Å². The Morgan fingerprint density at radius 2 is 2.00 bits per heavy atom. The molecule has 0 radical (unpaired) electrons. The third-order valence-corrected chi connectivity index (χ3v) is 3.56. The van der Waals surface area contributed by atoms with Crippen LogP contribution in [0.3, 0.4) is 0 Å². The zero-order chi connectivity index (χ0) is 12.6. The van der Waals surface area contributed by atoms with Crippen molar-refractivity contribution >= 4 is 6.09 Å². The highest BCUT2D eigenvalue weighted by molar-refractivity contribution is 5.68. The van der Waals surface area contributed by atoms with Crippen LogP contribution in [0.25, 0.3) is 0 Å². The second-order valence-electron chi connectivity index (χ2n) is 6.30. The lowest BCUT2D eigenvalue weighted by Crippen LogP contribution is -2.47. The SMILES string of the molecule is CC(C)(C)OC(=O)N1CCCCC1[C@@H]1C[C@H]1N. The van der Waals surface area contributed by atoms with Gasteiger partial charge in [0.1, 0.15) is 5.60 Å². The predicted octanol–water partition coefficient (Wildman–Crippen LogP) is 2.12. The van der Waals surface area contributed by atoms with Gasteiger partial charge in [-0.25, -0.2) is 4.79 Å². The molecule has 0 aromatic rings. The first-order valence-corrected chi connectivity index (χ1v) is 6.64. The molecule has 2 aliphatic rings. The molecule has 1 aliphatic heterocycles. The summed E-state index contributed by atoms with van der Waals surface area (Å²) in [7, 11) is 0. The summed E-state index contributed by atoms with van der Waals surface area (Å²) < 4.78 is 5.47. The molecule has 0 spiro atoms. The molecule has 1 unspecified atom stereocenters. The van der Waals surface area contributed by atoms with E-state index in [-0.39, 0.29) is 6.09 Å². The molecule has 2 fully saturated rings. The van der Waals surface area contributed by atoms with Crippen LogP contribution in [0, 0.1) is 5.92 Å². The number of likely N-dealkylation sites (tertiary alicyclic amines) is 1. The second kappa shape index (κ2) is 4.48. The number of piperidine rings is 1. The summed E-state index contributed by atoms with van der Waals surface area (Å²) in [6.07, 6.45) is 4.26. The Morgan fingerprint density at radius 3 is 2.53 bits per heavy atom. The highest BCUT2D eigenvalue weighted by atomic mass is 16.6. The van der Waals surface area contributed by atoms with Gasteiger partial charge < -0.3 is 15.4 Å².